The molecule has 2 aromatic rings. The maximum Gasteiger partial charge on any atom is 0.295 e. The van der Waals surface area contributed by atoms with Crippen LogP contribution in [0.4, 0.5) is 10.5 Å². The Labute approximate surface area is 230 Å². The van der Waals surface area contributed by atoms with E-state index in [0.717, 1.165) is 27.9 Å². The molecule has 4 rings (SSSR count). The Morgan fingerprint density at radius 2 is 1.67 bits per heavy atom. The van der Waals surface area contributed by atoms with Gasteiger partial charge in [-0.2, -0.15) is 0 Å². The van der Waals surface area contributed by atoms with Gasteiger partial charge >= 0.3 is 0 Å². The van der Waals surface area contributed by atoms with Gasteiger partial charge in [0.15, 0.2) is 0 Å². The number of thioether (sulfide) groups is 1. The van der Waals surface area contributed by atoms with Crippen LogP contribution in [0.15, 0.2) is 66.1 Å². The summed E-state index contributed by atoms with van der Waals surface area (Å²) in [5.41, 5.74) is 3.06. The molecule has 0 aliphatic carbocycles. The number of imide groups is 1. The average molecular weight is 567 g/mol. The van der Waals surface area contributed by atoms with E-state index >= 15 is 0 Å². The third kappa shape index (κ3) is 6.21. The highest BCUT2D eigenvalue weighted by molar-refractivity contribution is 8.18. The van der Waals surface area contributed by atoms with E-state index in [1.165, 1.54) is 5.56 Å². The van der Waals surface area contributed by atoms with Gasteiger partial charge in [-0.05, 0) is 54.6 Å². The van der Waals surface area contributed by atoms with Crippen molar-refractivity contribution in [1.29, 1.82) is 0 Å². The number of benzene rings is 2. The fraction of sp³-hybridized carbons (Fsp3) is 0.308. The van der Waals surface area contributed by atoms with Gasteiger partial charge < -0.3 is 9.64 Å². The van der Waals surface area contributed by atoms with Gasteiger partial charge in [0.2, 0.25) is 3.79 Å². The van der Waals surface area contributed by atoms with Crippen LogP contribution in [0.25, 0.3) is 6.08 Å². The Kier molecular flexibility index (Phi) is 8.58. The van der Waals surface area contributed by atoms with Crippen molar-refractivity contribution in [2.75, 3.05) is 37.7 Å². The van der Waals surface area contributed by atoms with Crippen molar-refractivity contribution < 1.29 is 14.3 Å². The molecular weight excluding hydrogens is 541 g/mol. The minimum Gasteiger partial charge on any atom is -0.490 e. The Hall–Kier alpha value is -2.16. The molecule has 0 radical (unpaired) electrons. The number of nitrogens with zero attached hydrogens (tertiary/aromatic N) is 3. The van der Waals surface area contributed by atoms with Crippen molar-refractivity contribution in [2.24, 2.45) is 0 Å². The molecule has 2 aromatic carbocycles. The fourth-order valence-corrected chi connectivity index (χ4v) is 5.71. The van der Waals surface area contributed by atoms with Crippen molar-refractivity contribution in [3.63, 3.8) is 0 Å². The van der Waals surface area contributed by atoms with Crippen molar-refractivity contribution in [2.45, 2.75) is 16.9 Å². The zero-order valence-corrected chi connectivity index (χ0v) is 22.8. The number of hydrogen-bond acceptors (Lipinski definition) is 6. The second kappa shape index (κ2) is 11.5. The highest BCUT2D eigenvalue weighted by Gasteiger charge is 2.51. The van der Waals surface area contributed by atoms with E-state index in [-0.39, 0.29) is 4.91 Å². The minimum atomic E-state index is -1.88. The molecule has 0 saturated carbocycles. The van der Waals surface area contributed by atoms with Crippen LogP contribution in [0.1, 0.15) is 11.1 Å². The number of halogens is 3. The summed E-state index contributed by atoms with van der Waals surface area (Å²) < 4.78 is 3.61. The Morgan fingerprint density at radius 1 is 1.03 bits per heavy atom. The molecule has 36 heavy (non-hydrogen) atoms. The van der Waals surface area contributed by atoms with Gasteiger partial charge in [-0.25, -0.2) is 4.90 Å². The number of aryl methyl sites for hydroxylation is 1. The van der Waals surface area contributed by atoms with Crippen LogP contribution < -0.4 is 9.64 Å². The van der Waals surface area contributed by atoms with Crippen LogP contribution in [0.3, 0.4) is 0 Å². The number of alkyl halides is 3. The maximum absolute atomic E-state index is 13.3. The van der Waals surface area contributed by atoms with Crippen LogP contribution in [0.2, 0.25) is 0 Å². The maximum atomic E-state index is 13.3. The molecule has 0 spiro atoms. The predicted molar refractivity (Wildman–Crippen MR) is 149 cm³/mol. The lowest BCUT2D eigenvalue weighted by molar-refractivity contribution is -0.127. The first kappa shape index (κ1) is 26.9. The monoisotopic (exact) mass is 565 g/mol. The number of carbonyl (C=O) groups excluding carboxylic acids is 2. The van der Waals surface area contributed by atoms with E-state index in [2.05, 4.69) is 35.7 Å². The molecule has 0 N–H and O–H groups in total. The average Bonchev–Trinajstić information content (AvgIpc) is 3.11. The molecule has 2 heterocycles. The van der Waals surface area contributed by atoms with Gasteiger partial charge in [0, 0.05) is 31.9 Å². The normalized spacial score (nSPS) is 19.2. The first-order chi connectivity index (χ1) is 17.2. The van der Waals surface area contributed by atoms with E-state index in [9.17, 15) is 9.59 Å². The Balaban J connectivity index is 1.49. The summed E-state index contributed by atoms with van der Waals surface area (Å²) >= 11 is 19.9. The minimum absolute atomic E-state index is 0.275. The summed E-state index contributed by atoms with van der Waals surface area (Å²) in [6.07, 6.45) is 2.30. The number of amides is 2. The topological polar surface area (TPSA) is 53.1 Å². The standard InChI is InChI=1S/C26H26Cl3N3O3S/c1-3-16-35-21-10-6-19(7-11-21)17-22-23(33)32(25(34)36-22)24(26(27,28)29)31-14-12-30(13-15-31)20-8-4-18(2)5-9-20/h3-11,17,24H,1,12-16H2,2H3/b22-17+. The van der Waals surface area contributed by atoms with E-state index in [4.69, 9.17) is 39.5 Å². The second-order valence-electron chi connectivity index (χ2n) is 8.49. The van der Waals surface area contributed by atoms with Crippen LogP contribution in [0.5, 0.6) is 5.75 Å². The van der Waals surface area contributed by atoms with Gasteiger partial charge in [-0.1, -0.05) is 77.3 Å². The van der Waals surface area contributed by atoms with E-state index in [1.807, 2.05) is 24.0 Å². The van der Waals surface area contributed by atoms with Gasteiger partial charge in [0.1, 0.15) is 18.5 Å². The van der Waals surface area contributed by atoms with Crippen LogP contribution >= 0.6 is 46.6 Å². The summed E-state index contributed by atoms with van der Waals surface area (Å²) in [5, 5.41) is -0.463. The molecule has 0 aromatic heterocycles. The lowest BCUT2D eigenvalue weighted by atomic mass is 10.2. The van der Waals surface area contributed by atoms with Gasteiger partial charge in [0.25, 0.3) is 11.1 Å². The van der Waals surface area contributed by atoms with Crippen LogP contribution in [-0.4, -0.2) is 63.7 Å². The molecule has 1 unspecified atom stereocenters. The van der Waals surface area contributed by atoms with E-state index in [0.29, 0.717) is 38.5 Å². The van der Waals surface area contributed by atoms with Crippen LogP contribution in [0, 0.1) is 6.92 Å². The summed E-state index contributed by atoms with van der Waals surface area (Å²) in [6.45, 7) is 8.47. The number of hydrogen-bond donors (Lipinski definition) is 0. The zero-order chi connectivity index (χ0) is 25.9. The van der Waals surface area contributed by atoms with Crippen molar-refractivity contribution in [1.82, 2.24) is 9.80 Å². The summed E-state index contributed by atoms with van der Waals surface area (Å²) in [5.74, 6) is 0.204. The summed E-state index contributed by atoms with van der Waals surface area (Å²) in [6, 6.07) is 15.5. The SMILES string of the molecule is C=CCOc1ccc(/C=C2/SC(=O)N(C(N3CCN(c4ccc(C)cc4)CC3)C(Cl)(Cl)Cl)C2=O)cc1. The lowest BCUT2D eigenvalue weighted by Gasteiger charge is -2.44. The molecule has 2 saturated heterocycles. The Bertz CT molecular complexity index is 1140. The molecule has 10 heteroatoms. The highest BCUT2D eigenvalue weighted by Crippen LogP contribution is 2.42. The molecule has 2 aliphatic heterocycles. The fourth-order valence-electron chi connectivity index (χ4n) is 4.15. The lowest BCUT2D eigenvalue weighted by Crippen LogP contribution is -2.61. The first-order valence-electron chi connectivity index (χ1n) is 11.4. The van der Waals surface area contributed by atoms with Crippen molar-refractivity contribution in [3.05, 3.63) is 77.2 Å². The summed E-state index contributed by atoms with van der Waals surface area (Å²) in [4.78, 5) is 31.8. The van der Waals surface area contributed by atoms with Gasteiger partial charge in [-0.15, -0.1) is 0 Å². The van der Waals surface area contributed by atoms with Crippen molar-refractivity contribution in [3.8, 4) is 5.75 Å². The quantitative estimate of drug-likeness (QED) is 0.229. The number of rotatable bonds is 7. The smallest absolute Gasteiger partial charge is 0.295 e. The number of ether oxygens (including phenoxy) is 1. The molecule has 2 fully saturated rings. The zero-order valence-electron chi connectivity index (χ0n) is 19.7. The third-order valence-electron chi connectivity index (χ3n) is 5.97. The Morgan fingerprint density at radius 3 is 2.25 bits per heavy atom. The number of piperazine rings is 1. The van der Waals surface area contributed by atoms with E-state index < -0.39 is 21.1 Å². The largest absolute Gasteiger partial charge is 0.490 e. The predicted octanol–water partition coefficient (Wildman–Crippen LogP) is 6.11. The molecular formula is C26H26Cl3N3O3S. The molecule has 1 atom stereocenters. The first-order valence-corrected chi connectivity index (χ1v) is 13.4. The summed E-state index contributed by atoms with van der Waals surface area (Å²) in [7, 11) is 0. The molecule has 0 bridgehead atoms. The molecule has 190 valence electrons. The second-order valence-corrected chi connectivity index (χ2v) is 11.9. The van der Waals surface area contributed by atoms with Crippen LogP contribution in [-0.2, 0) is 4.79 Å². The van der Waals surface area contributed by atoms with Crippen molar-refractivity contribution >= 4 is 69.5 Å². The molecule has 2 aliphatic rings. The van der Waals surface area contributed by atoms with Gasteiger partial charge in [-0.3, -0.25) is 14.5 Å². The number of carbonyl (C=O) groups is 2. The third-order valence-corrected chi connectivity index (χ3v) is 7.44. The van der Waals surface area contributed by atoms with Gasteiger partial charge in [0.05, 0.1) is 4.91 Å². The number of anilines is 1. The van der Waals surface area contributed by atoms with E-state index in [1.54, 1.807) is 24.3 Å². The highest BCUT2D eigenvalue weighted by atomic mass is 35.6. The molecule has 2 amide bonds. The molecule has 6 nitrogen and oxygen atoms in total.